The fraction of sp³-hybridized carbons (Fsp3) is 0.700. The predicted molar refractivity (Wildman–Crippen MR) is 55.1 cm³/mol. The van der Waals surface area contributed by atoms with E-state index < -0.39 is 12.6 Å². The van der Waals surface area contributed by atoms with E-state index in [-0.39, 0.29) is 6.42 Å². The minimum Gasteiger partial charge on any atom is -0.334 e. The molecule has 1 N–H and O–H groups in total. The molecule has 0 spiro atoms. The second-order valence-corrected chi connectivity index (χ2v) is 3.64. The Bertz CT molecular complexity index is 307. The zero-order valence-electron chi connectivity index (χ0n) is 9.22. The van der Waals surface area contributed by atoms with Crippen LogP contribution >= 0.6 is 0 Å². The van der Waals surface area contributed by atoms with E-state index in [1.165, 1.54) is 0 Å². The van der Waals surface area contributed by atoms with Crippen LogP contribution in [0, 0.1) is 6.92 Å². The lowest BCUT2D eigenvalue weighted by Crippen LogP contribution is -2.22. The summed E-state index contributed by atoms with van der Waals surface area (Å²) >= 11 is 0. The Kier molecular flexibility index (Phi) is 4.79. The first-order valence-corrected chi connectivity index (χ1v) is 5.24. The number of nitrogens with one attached hydrogen (secondary N) is 1. The summed E-state index contributed by atoms with van der Waals surface area (Å²) in [6.45, 7) is 3.68. The van der Waals surface area contributed by atoms with Gasteiger partial charge in [-0.3, -0.25) is 0 Å². The van der Waals surface area contributed by atoms with Gasteiger partial charge in [-0.05, 0) is 19.9 Å². The number of nitrogens with zero attached hydrogens (tertiary/aromatic N) is 2. The van der Waals surface area contributed by atoms with Crippen LogP contribution < -0.4 is 5.32 Å². The zero-order valence-corrected chi connectivity index (χ0v) is 9.22. The van der Waals surface area contributed by atoms with Gasteiger partial charge in [0.15, 0.2) is 0 Å². The quantitative estimate of drug-likeness (QED) is 0.765. The van der Waals surface area contributed by atoms with Gasteiger partial charge >= 0.3 is 6.18 Å². The van der Waals surface area contributed by atoms with Gasteiger partial charge in [0.25, 0.3) is 0 Å². The highest BCUT2D eigenvalue weighted by atomic mass is 19.4. The number of rotatable bonds is 6. The minimum absolute atomic E-state index is 0.131. The van der Waals surface area contributed by atoms with Crippen molar-refractivity contribution in [3.05, 3.63) is 18.2 Å². The number of imidazole rings is 1. The lowest BCUT2D eigenvalue weighted by Gasteiger charge is -2.08. The normalized spacial score (nSPS) is 12.0. The third kappa shape index (κ3) is 5.16. The largest absolute Gasteiger partial charge is 0.389 e. The van der Waals surface area contributed by atoms with E-state index in [0.29, 0.717) is 13.1 Å². The number of aryl methyl sites for hydroxylation is 1. The molecule has 6 heteroatoms. The summed E-state index contributed by atoms with van der Waals surface area (Å²) in [7, 11) is 0. The van der Waals surface area contributed by atoms with Crippen LogP contribution in [0.2, 0.25) is 0 Å². The first-order chi connectivity index (χ1) is 7.49. The molecule has 0 radical (unpaired) electrons. The number of halogens is 3. The smallest absolute Gasteiger partial charge is 0.334 e. The van der Waals surface area contributed by atoms with Gasteiger partial charge in [-0.25, -0.2) is 4.98 Å². The summed E-state index contributed by atoms with van der Waals surface area (Å²) in [5.74, 6) is 0.914. The molecule has 0 fully saturated rings. The molecular weight excluding hydrogens is 219 g/mol. The summed E-state index contributed by atoms with van der Waals surface area (Å²) in [5.41, 5.74) is 0. The molecule has 0 aromatic carbocycles. The molecule has 0 unspecified atom stereocenters. The summed E-state index contributed by atoms with van der Waals surface area (Å²) < 4.78 is 37.4. The second kappa shape index (κ2) is 5.89. The molecule has 0 saturated carbocycles. The maximum atomic E-state index is 11.8. The Morgan fingerprint density at radius 3 is 2.69 bits per heavy atom. The predicted octanol–water partition coefficient (Wildman–Crippen LogP) is 2.12. The van der Waals surface area contributed by atoms with E-state index in [9.17, 15) is 13.2 Å². The Labute approximate surface area is 92.7 Å². The van der Waals surface area contributed by atoms with Gasteiger partial charge in [-0.2, -0.15) is 13.2 Å². The van der Waals surface area contributed by atoms with Crippen LogP contribution in [0.25, 0.3) is 0 Å². The molecule has 0 aliphatic carbocycles. The Morgan fingerprint density at radius 2 is 2.12 bits per heavy atom. The van der Waals surface area contributed by atoms with Crippen LogP contribution in [0.5, 0.6) is 0 Å². The molecule has 0 amide bonds. The second-order valence-electron chi connectivity index (χ2n) is 3.64. The molecule has 0 bridgehead atoms. The SMILES string of the molecule is Cc1nccn1CCNCCCC(F)(F)F. The minimum atomic E-state index is -4.04. The van der Waals surface area contributed by atoms with Gasteiger partial charge in [-0.15, -0.1) is 0 Å². The standard InChI is InChI=1S/C10H16F3N3/c1-9-15-6-8-16(9)7-5-14-4-2-3-10(11,12)13/h6,8,14H,2-5,7H2,1H3. The van der Waals surface area contributed by atoms with Crippen molar-refractivity contribution in [1.29, 1.82) is 0 Å². The third-order valence-corrected chi connectivity index (χ3v) is 2.27. The molecule has 0 saturated heterocycles. The summed E-state index contributed by atoms with van der Waals surface area (Å²) in [6.07, 6.45) is -1.06. The third-order valence-electron chi connectivity index (χ3n) is 2.27. The molecule has 0 atom stereocenters. The van der Waals surface area contributed by atoms with E-state index in [2.05, 4.69) is 10.3 Å². The first kappa shape index (κ1) is 13.0. The lowest BCUT2D eigenvalue weighted by atomic mass is 10.3. The van der Waals surface area contributed by atoms with E-state index in [1.54, 1.807) is 6.20 Å². The molecule has 92 valence electrons. The Hall–Kier alpha value is -1.04. The van der Waals surface area contributed by atoms with Crippen molar-refractivity contribution in [1.82, 2.24) is 14.9 Å². The van der Waals surface area contributed by atoms with Crippen molar-refractivity contribution in [2.45, 2.75) is 32.5 Å². The molecular formula is C10H16F3N3. The summed E-state index contributed by atoms with van der Waals surface area (Å²) in [6, 6.07) is 0. The number of hydrogen-bond donors (Lipinski definition) is 1. The average molecular weight is 235 g/mol. The van der Waals surface area contributed by atoms with Crippen LogP contribution in [0.4, 0.5) is 13.2 Å². The van der Waals surface area contributed by atoms with Crippen LogP contribution in [-0.4, -0.2) is 28.8 Å². The summed E-state index contributed by atoms with van der Waals surface area (Å²) in [5, 5.41) is 2.97. The zero-order chi connectivity index (χ0) is 12.0. The van der Waals surface area contributed by atoms with Crippen molar-refractivity contribution >= 4 is 0 Å². The number of hydrogen-bond acceptors (Lipinski definition) is 2. The molecule has 1 aromatic heterocycles. The van der Waals surface area contributed by atoms with Crippen molar-refractivity contribution in [3.63, 3.8) is 0 Å². The van der Waals surface area contributed by atoms with E-state index in [4.69, 9.17) is 0 Å². The average Bonchev–Trinajstić information content (AvgIpc) is 2.56. The van der Waals surface area contributed by atoms with Crippen molar-refractivity contribution < 1.29 is 13.2 Å². The fourth-order valence-electron chi connectivity index (χ4n) is 1.38. The van der Waals surface area contributed by atoms with Crippen molar-refractivity contribution in [3.8, 4) is 0 Å². The topological polar surface area (TPSA) is 29.9 Å². The summed E-state index contributed by atoms with van der Waals surface area (Å²) in [4.78, 5) is 4.05. The molecule has 0 aliphatic rings. The van der Waals surface area contributed by atoms with E-state index in [1.807, 2.05) is 17.7 Å². The molecule has 1 heterocycles. The van der Waals surface area contributed by atoms with Gasteiger partial charge in [0.05, 0.1) is 0 Å². The molecule has 3 nitrogen and oxygen atoms in total. The highest BCUT2D eigenvalue weighted by molar-refractivity contribution is 4.88. The van der Waals surface area contributed by atoms with Gasteiger partial charge < -0.3 is 9.88 Å². The van der Waals surface area contributed by atoms with Gasteiger partial charge in [0, 0.05) is 31.9 Å². The number of aromatic nitrogens is 2. The van der Waals surface area contributed by atoms with Crippen LogP contribution in [0.15, 0.2) is 12.4 Å². The van der Waals surface area contributed by atoms with Crippen LogP contribution in [0.3, 0.4) is 0 Å². The van der Waals surface area contributed by atoms with Gasteiger partial charge in [-0.1, -0.05) is 0 Å². The molecule has 1 rings (SSSR count). The van der Waals surface area contributed by atoms with E-state index in [0.717, 1.165) is 12.4 Å². The highest BCUT2D eigenvalue weighted by Gasteiger charge is 2.25. The van der Waals surface area contributed by atoms with Crippen LogP contribution in [0.1, 0.15) is 18.7 Å². The maximum Gasteiger partial charge on any atom is 0.389 e. The lowest BCUT2D eigenvalue weighted by molar-refractivity contribution is -0.135. The molecule has 1 aromatic rings. The van der Waals surface area contributed by atoms with E-state index >= 15 is 0 Å². The molecule has 0 aliphatic heterocycles. The number of alkyl halides is 3. The maximum absolute atomic E-state index is 11.8. The van der Waals surface area contributed by atoms with Crippen molar-refractivity contribution in [2.75, 3.05) is 13.1 Å². The first-order valence-electron chi connectivity index (χ1n) is 5.24. The van der Waals surface area contributed by atoms with Crippen molar-refractivity contribution in [2.24, 2.45) is 0 Å². The molecule has 16 heavy (non-hydrogen) atoms. The Balaban J connectivity index is 2.03. The fourth-order valence-corrected chi connectivity index (χ4v) is 1.38. The van der Waals surface area contributed by atoms with Crippen LogP contribution in [-0.2, 0) is 6.54 Å². The highest BCUT2D eigenvalue weighted by Crippen LogP contribution is 2.20. The van der Waals surface area contributed by atoms with Gasteiger partial charge in [0.2, 0.25) is 0 Å². The monoisotopic (exact) mass is 235 g/mol. The Morgan fingerprint density at radius 1 is 1.38 bits per heavy atom. The van der Waals surface area contributed by atoms with Gasteiger partial charge in [0.1, 0.15) is 5.82 Å².